The largest absolute Gasteiger partial charge is 0.341 e. The smallest absolute Gasteiger partial charge is 0.329 e. The molecule has 0 fully saturated rings. The molecule has 0 bridgehead atoms. The third kappa shape index (κ3) is 5.34. The molecule has 0 unspecified atom stereocenters. The highest BCUT2D eigenvalue weighted by molar-refractivity contribution is 9.10. The van der Waals surface area contributed by atoms with Crippen molar-refractivity contribution >= 4 is 34.0 Å². The van der Waals surface area contributed by atoms with Crippen molar-refractivity contribution < 1.29 is 9.59 Å². The minimum atomic E-state index is -0.804. The van der Waals surface area contributed by atoms with Crippen LogP contribution in [0.15, 0.2) is 64.2 Å². The predicted molar refractivity (Wildman–Crippen MR) is 92.9 cm³/mol. The molecule has 2 N–H and O–H groups in total. The van der Waals surface area contributed by atoms with Crippen LogP contribution in [0.5, 0.6) is 0 Å². The fraction of sp³-hybridized carbons (Fsp3) is 0.118. The van der Waals surface area contributed by atoms with Gasteiger partial charge in [0.2, 0.25) is 0 Å². The van der Waals surface area contributed by atoms with Gasteiger partial charge in [0.05, 0.1) is 12.3 Å². The van der Waals surface area contributed by atoms with Gasteiger partial charge in [-0.05, 0) is 30.2 Å². The number of carbonyl (C=O) groups excluding carboxylic acids is 2. The normalized spacial score (nSPS) is 11.9. The average molecular weight is 374 g/mol. The number of hydrogen-bond donors (Lipinski definition) is 2. The summed E-state index contributed by atoms with van der Waals surface area (Å²) in [5.74, 6) is -1.53. The molecule has 0 aromatic heterocycles. The monoisotopic (exact) mass is 373 g/mol. The number of benzene rings is 2. The van der Waals surface area contributed by atoms with Crippen molar-refractivity contribution in [3.8, 4) is 0 Å². The zero-order valence-corrected chi connectivity index (χ0v) is 14.1. The van der Waals surface area contributed by atoms with E-state index >= 15 is 0 Å². The maximum atomic E-state index is 11.8. The first-order valence-electron chi connectivity index (χ1n) is 7.00. The molecule has 0 spiro atoms. The summed E-state index contributed by atoms with van der Waals surface area (Å²) in [6.45, 7) is 1.81. The van der Waals surface area contributed by atoms with E-state index < -0.39 is 11.8 Å². The van der Waals surface area contributed by atoms with Gasteiger partial charge in [0.25, 0.3) is 0 Å². The van der Waals surface area contributed by atoms with Crippen LogP contribution in [0.1, 0.15) is 24.1 Å². The number of nitrogens with one attached hydrogen (secondary N) is 2. The van der Waals surface area contributed by atoms with E-state index in [0.717, 1.165) is 15.6 Å². The van der Waals surface area contributed by atoms with Gasteiger partial charge in [0, 0.05) is 4.47 Å². The van der Waals surface area contributed by atoms with Crippen LogP contribution in [0.2, 0.25) is 0 Å². The summed E-state index contributed by atoms with van der Waals surface area (Å²) in [6, 6.07) is 16.5. The molecule has 0 saturated heterocycles. The lowest BCUT2D eigenvalue weighted by Crippen LogP contribution is -2.39. The van der Waals surface area contributed by atoms with E-state index in [-0.39, 0.29) is 6.04 Å². The third-order valence-corrected chi connectivity index (χ3v) is 3.63. The van der Waals surface area contributed by atoms with Crippen molar-refractivity contribution in [2.75, 3.05) is 0 Å². The lowest BCUT2D eigenvalue weighted by molar-refractivity contribution is -0.139. The number of nitrogens with zero attached hydrogens (tertiary/aromatic N) is 1. The predicted octanol–water partition coefficient (Wildman–Crippen LogP) is 2.78. The molecule has 5 nitrogen and oxygen atoms in total. The second-order valence-corrected chi connectivity index (χ2v) is 5.77. The maximum Gasteiger partial charge on any atom is 0.329 e. The SMILES string of the molecule is C[C@@H](NC(=O)C(=O)N/N=C\c1ccc(Br)cc1)c1ccccc1. The van der Waals surface area contributed by atoms with Crippen molar-refractivity contribution in [2.45, 2.75) is 13.0 Å². The van der Waals surface area contributed by atoms with Crippen molar-refractivity contribution in [2.24, 2.45) is 5.10 Å². The van der Waals surface area contributed by atoms with Crippen LogP contribution in [0.3, 0.4) is 0 Å². The Morgan fingerprint density at radius 2 is 1.70 bits per heavy atom. The van der Waals surface area contributed by atoms with Gasteiger partial charge in [-0.3, -0.25) is 9.59 Å². The van der Waals surface area contributed by atoms with Gasteiger partial charge < -0.3 is 5.32 Å². The van der Waals surface area contributed by atoms with Gasteiger partial charge in [0.1, 0.15) is 0 Å². The van der Waals surface area contributed by atoms with Crippen molar-refractivity contribution in [1.82, 2.24) is 10.7 Å². The van der Waals surface area contributed by atoms with E-state index in [1.807, 2.05) is 61.5 Å². The van der Waals surface area contributed by atoms with Crippen LogP contribution < -0.4 is 10.7 Å². The summed E-state index contributed by atoms with van der Waals surface area (Å²) >= 11 is 3.33. The molecular weight excluding hydrogens is 358 g/mol. The summed E-state index contributed by atoms with van der Waals surface area (Å²) in [5.41, 5.74) is 3.94. The van der Waals surface area contributed by atoms with Gasteiger partial charge in [-0.15, -0.1) is 0 Å². The minimum Gasteiger partial charge on any atom is -0.341 e. The van der Waals surface area contributed by atoms with E-state index in [1.165, 1.54) is 6.21 Å². The summed E-state index contributed by atoms with van der Waals surface area (Å²) in [5, 5.41) is 6.39. The number of hydrazone groups is 1. The van der Waals surface area contributed by atoms with Gasteiger partial charge in [-0.25, -0.2) is 5.43 Å². The highest BCUT2D eigenvalue weighted by Crippen LogP contribution is 2.10. The average Bonchev–Trinajstić information content (AvgIpc) is 2.57. The number of amides is 2. The van der Waals surface area contributed by atoms with Gasteiger partial charge >= 0.3 is 11.8 Å². The van der Waals surface area contributed by atoms with Gasteiger partial charge in [-0.2, -0.15) is 5.10 Å². The van der Waals surface area contributed by atoms with Gasteiger partial charge in [-0.1, -0.05) is 58.4 Å². The van der Waals surface area contributed by atoms with Crippen LogP contribution in [-0.2, 0) is 9.59 Å². The third-order valence-electron chi connectivity index (χ3n) is 3.10. The van der Waals surface area contributed by atoms with Crippen LogP contribution in [-0.4, -0.2) is 18.0 Å². The lowest BCUT2D eigenvalue weighted by atomic mass is 10.1. The molecule has 6 heteroatoms. The summed E-state index contributed by atoms with van der Waals surface area (Å²) < 4.78 is 0.952. The zero-order valence-electron chi connectivity index (χ0n) is 12.5. The Hall–Kier alpha value is -2.47. The molecule has 1 atom stereocenters. The Morgan fingerprint density at radius 1 is 1.04 bits per heavy atom. The highest BCUT2D eigenvalue weighted by Gasteiger charge is 2.16. The number of rotatable bonds is 4. The van der Waals surface area contributed by atoms with E-state index in [4.69, 9.17) is 0 Å². The topological polar surface area (TPSA) is 70.6 Å². The van der Waals surface area contributed by atoms with Crippen LogP contribution in [0, 0.1) is 0 Å². The summed E-state index contributed by atoms with van der Waals surface area (Å²) in [7, 11) is 0. The zero-order chi connectivity index (χ0) is 16.7. The molecule has 0 saturated carbocycles. The van der Waals surface area contributed by atoms with Crippen LogP contribution >= 0.6 is 15.9 Å². The Morgan fingerprint density at radius 3 is 2.35 bits per heavy atom. The second kappa shape index (κ2) is 8.24. The number of hydrogen-bond acceptors (Lipinski definition) is 3. The minimum absolute atomic E-state index is 0.259. The van der Waals surface area contributed by atoms with Crippen molar-refractivity contribution in [3.05, 3.63) is 70.2 Å². The molecule has 2 aromatic carbocycles. The maximum absolute atomic E-state index is 11.8. The standard InChI is InChI=1S/C17H16BrN3O2/c1-12(14-5-3-2-4-6-14)20-16(22)17(23)21-19-11-13-7-9-15(18)10-8-13/h2-12H,1H3,(H,20,22)(H,21,23)/b19-11-/t12-/m1/s1. The fourth-order valence-electron chi connectivity index (χ4n) is 1.85. The van der Waals surface area contributed by atoms with Gasteiger partial charge in [0.15, 0.2) is 0 Å². The quantitative estimate of drug-likeness (QED) is 0.491. The molecule has 0 aliphatic heterocycles. The van der Waals surface area contributed by atoms with Crippen molar-refractivity contribution in [1.29, 1.82) is 0 Å². The van der Waals surface area contributed by atoms with E-state index in [1.54, 1.807) is 0 Å². The molecule has 2 amide bonds. The fourth-order valence-corrected chi connectivity index (χ4v) is 2.12. The van der Waals surface area contributed by atoms with Crippen molar-refractivity contribution in [3.63, 3.8) is 0 Å². The number of halogens is 1. The molecular formula is C17H16BrN3O2. The van der Waals surface area contributed by atoms with E-state index in [0.29, 0.717) is 0 Å². The Bertz CT molecular complexity index is 700. The molecule has 118 valence electrons. The molecule has 2 aromatic rings. The van der Waals surface area contributed by atoms with Crippen LogP contribution in [0.4, 0.5) is 0 Å². The van der Waals surface area contributed by atoms with Crippen LogP contribution in [0.25, 0.3) is 0 Å². The Kier molecular flexibility index (Phi) is 6.05. The molecule has 2 rings (SSSR count). The van der Waals surface area contributed by atoms with E-state index in [2.05, 4.69) is 31.8 Å². The summed E-state index contributed by atoms with van der Waals surface area (Å²) in [4.78, 5) is 23.5. The first-order chi connectivity index (χ1) is 11.1. The highest BCUT2D eigenvalue weighted by atomic mass is 79.9. The Labute approximate surface area is 142 Å². The molecule has 0 aliphatic carbocycles. The Balaban J connectivity index is 1.85. The first-order valence-corrected chi connectivity index (χ1v) is 7.80. The molecule has 0 aliphatic rings. The number of carbonyl (C=O) groups is 2. The lowest BCUT2D eigenvalue weighted by Gasteiger charge is -2.13. The molecule has 23 heavy (non-hydrogen) atoms. The van der Waals surface area contributed by atoms with E-state index in [9.17, 15) is 9.59 Å². The first kappa shape index (κ1) is 16.9. The molecule has 0 radical (unpaired) electrons. The molecule has 0 heterocycles. The second-order valence-electron chi connectivity index (χ2n) is 4.86. The summed E-state index contributed by atoms with van der Waals surface area (Å²) in [6.07, 6.45) is 1.47.